The van der Waals surface area contributed by atoms with Crippen molar-refractivity contribution in [2.24, 2.45) is 5.18 Å². The number of alkyl carbamates (subject to hydrolysis) is 1. The third-order valence-electron chi connectivity index (χ3n) is 2.55. The van der Waals surface area contributed by atoms with Gasteiger partial charge in [-0.05, 0) is 32.0 Å². The lowest BCUT2D eigenvalue weighted by Crippen LogP contribution is -2.31. The lowest BCUT2D eigenvalue weighted by atomic mass is 10.1. The predicted molar refractivity (Wildman–Crippen MR) is 73.3 cm³/mol. The molecule has 110 valence electrons. The molecule has 0 aliphatic rings. The van der Waals surface area contributed by atoms with Gasteiger partial charge in [-0.25, -0.2) is 4.79 Å². The van der Waals surface area contributed by atoms with Crippen molar-refractivity contribution >= 4 is 11.8 Å². The van der Waals surface area contributed by atoms with Crippen LogP contribution in [-0.2, 0) is 4.74 Å². The van der Waals surface area contributed by atoms with E-state index in [9.17, 15) is 14.8 Å². The molecule has 0 aliphatic heterocycles. The standard InChI is InChI=1S/C13H18N2O5/c1-7(2)14-13(17)20-8(3)9-5-12(19-4)11(16)6-10(9)15-18/h5-8,16H,1-4H3,(H,14,17). The van der Waals surface area contributed by atoms with Crippen molar-refractivity contribution < 1.29 is 19.4 Å². The van der Waals surface area contributed by atoms with Crippen LogP contribution in [0.1, 0.15) is 32.4 Å². The Bertz CT molecular complexity index is 502. The fraction of sp³-hybridized carbons (Fsp3) is 0.462. The molecule has 1 atom stereocenters. The van der Waals surface area contributed by atoms with Crippen LogP contribution in [0.3, 0.4) is 0 Å². The first-order chi connectivity index (χ1) is 9.38. The number of nitrogens with zero attached hydrogens (tertiary/aromatic N) is 1. The number of benzene rings is 1. The molecule has 0 radical (unpaired) electrons. The Balaban J connectivity index is 2.99. The SMILES string of the molecule is COc1cc(C(C)OC(=O)NC(C)C)c(N=O)cc1O. The number of phenolic OH excluding ortho intramolecular Hbond substituents is 1. The highest BCUT2D eigenvalue weighted by Gasteiger charge is 2.19. The normalized spacial score (nSPS) is 11.8. The van der Waals surface area contributed by atoms with E-state index in [1.54, 1.807) is 20.8 Å². The van der Waals surface area contributed by atoms with Gasteiger partial charge < -0.3 is 19.9 Å². The van der Waals surface area contributed by atoms with E-state index < -0.39 is 12.2 Å². The maximum atomic E-state index is 11.5. The predicted octanol–water partition coefficient (Wildman–Crippen LogP) is 2.99. The van der Waals surface area contributed by atoms with Gasteiger partial charge in [-0.1, -0.05) is 0 Å². The Labute approximate surface area is 116 Å². The fourth-order valence-electron chi connectivity index (χ4n) is 1.64. The number of carbonyl (C=O) groups excluding carboxylic acids is 1. The third kappa shape index (κ3) is 3.84. The minimum absolute atomic E-state index is 0.00635. The maximum absolute atomic E-state index is 11.5. The summed E-state index contributed by atoms with van der Waals surface area (Å²) < 4.78 is 10.1. The molecule has 1 aromatic rings. The highest BCUT2D eigenvalue weighted by atomic mass is 16.6. The number of hydrogen-bond acceptors (Lipinski definition) is 6. The Morgan fingerprint density at radius 2 is 2.00 bits per heavy atom. The lowest BCUT2D eigenvalue weighted by molar-refractivity contribution is 0.105. The van der Waals surface area contributed by atoms with Gasteiger partial charge in [0.2, 0.25) is 0 Å². The smallest absolute Gasteiger partial charge is 0.407 e. The molecule has 1 amide bonds. The molecule has 1 unspecified atom stereocenters. The van der Waals surface area contributed by atoms with Gasteiger partial charge in [0.15, 0.2) is 11.5 Å². The lowest BCUT2D eigenvalue weighted by Gasteiger charge is -2.17. The summed E-state index contributed by atoms with van der Waals surface area (Å²) in [5, 5.41) is 15.0. The molecule has 1 aromatic carbocycles. The number of carbonyl (C=O) groups is 1. The van der Waals surface area contributed by atoms with E-state index in [0.29, 0.717) is 5.56 Å². The molecule has 7 nitrogen and oxygen atoms in total. The summed E-state index contributed by atoms with van der Waals surface area (Å²) in [5.74, 6) is -0.0307. The Morgan fingerprint density at radius 1 is 1.35 bits per heavy atom. The Hall–Kier alpha value is -2.31. The van der Waals surface area contributed by atoms with Gasteiger partial charge in [0.1, 0.15) is 11.8 Å². The monoisotopic (exact) mass is 282 g/mol. The molecule has 0 heterocycles. The topological polar surface area (TPSA) is 97.2 Å². The number of amides is 1. The van der Waals surface area contributed by atoms with Gasteiger partial charge >= 0.3 is 6.09 Å². The molecule has 1 rings (SSSR count). The zero-order valence-electron chi connectivity index (χ0n) is 11.8. The average Bonchev–Trinajstić information content (AvgIpc) is 2.36. The van der Waals surface area contributed by atoms with Crippen molar-refractivity contribution in [3.05, 3.63) is 22.6 Å². The molecule has 20 heavy (non-hydrogen) atoms. The molecule has 0 spiro atoms. The summed E-state index contributed by atoms with van der Waals surface area (Å²) in [6.07, 6.45) is -1.31. The van der Waals surface area contributed by atoms with Crippen LogP contribution >= 0.6 is 0 Å². The van der Waals surface area contributed by atoms with Crippen LogP contribution in [0.4, 0.5) is 10.5 Å². The average molecular weight is 282 g/mol. The minimum Gasteiger partial charge on any atom is -0.504 e. The van der Waals surface area contributed by atoms with E-state index in [1.807, 2.05) is 0 Å². The molecule has 0 bridgehead atoms. The second kappa shape index (κ2) is 6.74. The number of aromatic hydroxyl groups is 1. The van der Waals surface area contributed by atoms with Crippen LogP contribution in [0.2, 0.25) is 0 Å². The molecule has 0 saturated heterocycles. The molecule has 0 aliphatic carbocycles. The number of rotatable bonds is 5. The Kier molecular flexibility index (Phi) is 5.31. The summed E-state index contributed by atoms with van der Waals surface area (Å²) in [6, 6.07) is 2.52. The van der Waals surface area contributed by atoms with E-state index in [-0.39, 0.29) is 23.2 Å². The van der Waals surface area contributed by atoms with Crippen molar-refractivity contribution in [2.45, 2.75) is 32.9 Å². The molecular formula is C13H18N2O5. The van der Waals surface area contributed by atoms with Crippen LogP contribution in [0.5, 0.6) is 11.5 Å². The number of phenols is 1. The minimum atomic E-state index is -0.712. The summed E-state index contributed by atoms with van der Waals surface area (Å²) in [7, 11) is 1.38. The third-order valence-corrected chi connectivity index (χ3v) is 2.55. The highest BCUT2D eigenvalue weighted by Crippen LogP contribution is 2.37. The summed E-state index contributed by atoms with van der Waals surface area (Å²) in [6.45, 7) is 5.20. The van der Waals surface area contributed by atoms with E-state index in [1.165, 1.54) is 19.2 Å². The second-order valence-corrected chi connectivity index (χ2v) is 4.52. The van der Waals surface area contributed by atoms with Gasteiger partial charge in [0.05, 0.1) is 7.11 Å². The highest BCUT2D eigenvalue weighted by molar-refractivity contribution is 5.68. The van der Waals surface area contributed by atoms with Crippen molar-refractivity contribution in [1.29, 1.82) is 0 Å². The quantitative estimate of drug-likeness (QED) is 0.809. The van der Waals surface area contributed by atoms with Crippen LogP contribution in [0.25, 0.3) is 0 Å². The molecule has 7 heteroatoms. The van der Waals surface area contributed by atoms with Gasteiger partial charge in [-0.2, -0.15) is 0 Å². The summed E-state index contributed by atoms with van der Waals surface area (Å²) in [4.78, 5) is 22.3. The number of hydrogen-bond donors (Lipinski definition) is 2. The van der Waals surface area contributed by atoms with Crippen LogP contribution < -0.4 is 10.1 Å². The van der Waals surface area contributed by atoms with E-state index in [2.05, 4.69) is 10.5 Å². The largest absolute Gasteiger partial charge is 0.504 e. The molecule has 2 N–H and O–H groups in total. The molecule has 0 fully saturated rings. The second-order valence-electron chi connectivity index (χ2n) is 4.52. The summed E-state index contributed by atoms with van der Waals surface area (Å²) in [5.41, 5.74) is 0.349. The van der Waals surface area contributed by atoms with Crippen molar-refractivity contribution in [3.8, 4) is 11.5 Å². The van der Waals surface area contributed by atoms with Gasteiger partial charge in [-0.15, -0.1) is 4.91 Å². The fourth-order valence-corrected chi connectivity index (χ4v) is 1.64. The first kappa shape index (κ1) is 15.7. The van der Waals surface area contributed by atoms with Gasteiger partial charge in [-0.3, -0.25) is 0 Å². The summed E-state index contributed by atoms with van der Waals surface area (Å²) >= 11 is 0. The van der Waals surface area contributed by atoms with E-state index in [0.717, 1.165) is 0 Å². The van der Waals surface area contributed by atoms with Gasteiger partial charge in [0.25, 0.3) is 0 Å². The van der Waals surface area contributed by atoms with Crippen molar-refractivity contribution in [2.75, 3.05) is 7.11 Å². The van der Waals surface area contributed by atoms with Crippen molar-refractivity contribution in [3.63, 3.8) is 0 Å². The van der Waals surface area contributed by atoms with Crippen LogP contribution in [0, 0.1) is 4.91 Å². The molecular weight excluding hydrogens is 264 g/mol. The Morgan fingerprint density at radius 3 is 2.50 bits per heavy atom. The first-order valence-electron chi connectivity index (χ1n) is 6.10. The zero-order valence-corrected chi connectivity index (χ0v) is 11.8. The number of nitroso groups, excluding NO2 is 1. The van der Waals surface area contributed by atoms with Crippen LogP contribution in [0.15, 0.2) is 17.3 Å². The molecule has 0 saturated carbocycles. The first-order valence-corrected chi connectivity index (χ1v) is 6.10. The van der Waals surface area contributed by atoms with Crippen LogP contribution in [-0.4, -0.2) is 24.4 Å². The van der Waals surface area contributed by atoms with E-state index >= 15 is 0 Å². The number of methoxy groups -OCH3 is 1. The maximum Gasteiger partial charge on any atom is 0.407 e. The van der Waals surface area contributed by atoms with Crippen molar-refractivity contribution in [1.82, 2.24) is 5.32 Å². The number of ether oxygens (including phenoxy) is 2. The van der Waals surface area contributed by atoms with E-state index in [4.69, 9.17) is 9.47 Å². The molecule has 0 aromatic heterocycles. The number of nitrogens with one attached hydrogen (secondary N) is 1. The van der Waals surface area contributed by atoms with Gasteiger partial charge in [0, 0.05) is 17.7 Å². The zero-order chi connectivity index (χ0) is 15.3.